The predicted octanol–water partition coefficient (Wildman–Crippen LogP) is 4.85. The van der Waals surface area contributed by atoms with Crippen molar-refractivity contribution in [2.45, 2.75) is 45.1 Å². The quantitative estimate of drug-likeness (QED) is 0.560. The molecule has 2 amide bonds. The smallest absolute Gasteiger partial charge is 0.253 e. The minimum Gasteiger partial charge on any atom is -0.494 e. The molecule has 2 aromatic rings. The van der Waals surface area contributed by atoms with Crippen LogP contribution in [-0.2, 0) is 4.79 Å². The summed E-state index contributed by atoms with van der Waals surface area (Å²) in [7, 11) is 0. The number of rotatable bonds is 8. The van der Waals surface area contributed by atoms with Crippen molar-refractivity contribution in [1.29, 1.82) is 0 Å². The Kier molecular flexibility index (Phi) is 7.97. The summed E-state index contributed by atoms with van der Waals surface area (Å²) in [5, 5.41) is 9.34. The number of benzene rings is 2. The van der Waals surface area contributed by atoms with Gasteiger partial charge in [-0.2, -0.15) is 0 Å². The lowest BCUT2D eigenvalue weighted by Gasteiger charge is -2.23. The van der Waals surface area contributed by atoms with Crippen molar-refractivity contribution >= 4 is 34.8 Å². The monoisotopic (exact) mass is 429 g/mol. The first-order chi connectivity index (χ1) is 14.5. The summed E-state index contributed by atoms with van der Waals surface area (Å²) in [6.45, 7) is 2.58. The van der Waals surface area contributed by atoms with E-state index in [1.807, 2.05) is 19.1 Å². The molecule has 1 aliphatic carbocycles. The van der Waals surface area contributed by atoms with Crippen molar-refractivity contribution in [3.63, 3.8) is 0 Å². The van der Waals surface area contributed by atoms with Crippen LogP contribution in [0.1, 0.15) is 49.4 Å². The first kappa shape index (κ1) is 22.0. The molecule has 1 aliphatic rings. The minimum absolute atomic E-state index is 0.0680. The van der Waals surface area contributed by atoms with E-state index < -0.39 is 0 Å². The first-order valence-electron chi connectivity index (χ1n) is 10.4. The lowest BCUT2D eigenvalue weighted by Crippen LogP contribution is -2.36. The molecule has 0 radical (unpaired) electrons. The molecule has 0 aliphatic heterocycles. The topological polar surface area (TPSA) is 79.5 Å². The number of halogens is 1. The van der Waals surface area contributed by atoms with Gasteiger partial charge in [0, 0.05) is 17.4 Å². The third-order valence-corrected chi connectivity index (χ3v) is 5.38. The zero-order valence-electron chi connectivity index (χ0n) is 17.2. The Morgan fingerprint density at radius 2 is 1.73 bits per heavy atom. The molecule has 160 valence electrons. The Hall–Kier alpha value is -2.73. The number of nitrogens with one attached hydrogen (secondary N) is 3. The highest BCUT2D eigenvalue weighted by atomic mass is 35.5. The molecule has 0 saturated heterocycles. The van der Waals surface area contributed by atoms with Crippen LogP contribution in [-0.4, -0.2) is 31.0 Å². The number of carbonyl (C=O) groups is 2. The number of hydrogen-bond donors (Lipinski definition) is 3. The van der Waals surface area contributed by atoms with E-state index >= 15 is 0 Å². The summed E-state index contributed by atoms with van der Waals surface area (Å²) in [6.07, 6.45) is 5.53. The zero-order chi connectivity index (χ0) is 21.3. The second-order valence-electron chi connectivity index (χ2n) is 7.36. The van der Waals surface area contributed by atoms with Crippen LogP contribution in [0.25, 0.3) is 0 Å². The van der Waals surface area contributed by atoms with Gasteiger partial charge in [-0.25, -0.2) is 0 Å². The summed E-state index contributed by atoms with van der Waals surface area (Å²) in [5.41, 5.74) is 1.77. The summed E-state index contributed by atoms with van der Waals surface area (Å²) in [5.74, 6) is 0.394. The van der Waals surface area contributed by atoms with Gasteiger partial charge in [-0.15, -0.1) is 0 Å². The molecular weight excluding hydrogens is 402 g/mol. The Morgan fingerprint density at radius 3 is 2.43 bits per heavy atom. The number of ether oxygens (including phenoxy) is 1. The fourth-order valence-corrected chi connectivity index (χ4v) is 3.71. The van der Waals surface area contributed by atoms with Gasteiger partial charge in [0.15, 0.2) is 0 Å². The van der Waals surface area contributed by atoms with Crippen molar-refractivity contribution in [2.24, 2.45) is 0 Å². The molecule has 3 rings (SSSR count). The second-order valence-corrected chi connectivity index (χ2v) is 7.77. The minimum atomic E-state index is -0.192. The van der Waals surface area contributed by atoms with Crippen LogP contribution < -0.4 is 20.7 Å². The number of anilines is 2. The Balaban J connectivity index is 1.54. The zero-order valence-corrected chi connectivity index (χ0v) is 17.9. The maximum absolute atomic E-state index is 12.6. The van der Waals surface area contributed by atoms with Gasteiger partial charge in [0.2, 0.25) is 5.91 Å². The van der Waals surface area contributed by atoms with Gasteiger partial charge in [-0.05, 0) is 62.2 Å². The number of carbonyl (C=O) groups excluding carboxylic acids is 2. The average molecular weight is 430 g/mol. The van der Waals surface area contributed by atoms with Crippen molar-refractivity contribution in [3.05, 3.63) is 53.1 Å². The molecule has 0 unspecified atom stereocenters. The van der Waals surface area contributed by atoms with E-state index in [-0.39, 0.29) is 24.4 Å². The first-order valence-corrected chi connectivity index (χ1v) is 10.8. The van der Waals surface area contributed by atoms with E-state index in [1.165, 1.54) is 6.42 Å². The Morgan fingerprint density at radius 1 is 1.03 bits per heavy atom. The summed E-state index contributed by atoms with van der Waals surface area (Å²) >= 11 is 6.24. The number of amides is 2. The lowest BCUT2D eigenvalue weighted by atomic mass is 9.95. The van der Waals surface area contributed by atoms with E-state index in [2.05, 4.69) is 16.0 Å². The average Bonchev–Trinajstić information content (AvgIpc) is 2.75. The standard InChI is InChI=1S/C23H28ClN3O3/c1-2-30-19-11-8-17(9-12-19)26-22(28)15-25-18-10-13-21(24)20(14-18)23(29)27-16-6-4-3-5-7-16/h8-14,16,25H,2-7,15H2,1H3,(H,26,28)(H,27,29). The second kappa shape index (κ2) is 10.9. The van der Waals surface area contributed by atoms with Crippen LogP contribution in [0, 0.1) is 0 Å². The SMILES string of the molecule is CCOc1ccc(NC(=O)CNc2ccc(Cl)c(C(=O)NC3CCCCC3)c2)cc1. The predicted molar refractivity (Wildman–Crippen MR) is 121 cm³/mol. The summed E-state index contributed by atoms with van der Waals surface area (Å²) in [4.78, 5) is 24.9. The van der Waals surface area contributed by atoms with Gasteiger partial charge in [0.05, 0.1) is 23.7 Å². The van der Waals surface area contributed by atoms with Crippen LogP contribution in [0.3, 0.4) is 0 Å². The molecule has 30 heavy (non-hydrogen) atoms. The third kappa shape index (κ3) is 6.39. The van der Waals surface area contributed by atoms with Gasteiger partial charge >= 0.3 is 0 Å². The van der Waals surface area contributed by atoms with Crippen molar-refractivity contribution in [3.8, 4) is 5.75 Å². The molecule has 6 nitrogen and oxygen atoms in total. The third-order valence-electron chi connectivity index (χ3n) is 5.05. The van der Waals surface area contributed by atoms with Crippen molar-refractivity contribution < 1.29 is 14.3 Å². The van der Waals surface area contributed by atoms with Gasteiger partial charge in [-0.1, -0.05) is 30.9 Å². The number of hydrogen-bond acceptors (Lipinski definition) is 4. The molecule has 3 N–H and O–H groups in total. The summed E-state index contributed by atoms with van der Waals surface area (Å²) < 4.78 is 5.39. The molecule has 0 heterocycles. The maximum Gasteiger partial charge on any atom is 0.253 e. The summed E-state index contributed by atoms with van der Waals surface area (Å²) in [6, 6.07) is 12.5. The maximum atomic E-state index is 12.6. The van der Waals surface area contributed by atoms with Gasteiger partial charge in [0.1, 0.15) is 5.75 Å². The van der Waals surface area contributed by atoms with E-state index in [0.717, 1.165) is 31.4 Å². The molecule has 2 aromatic carbocycles. The van der Waals surface area contributed by atoms with E-state index in [0.29, 0.717) is 28.6 Å². The van der Waals surface area contributed by atoms with Crippen LogP contribution in [0.4, 0.5) is 11.4 Å². The van der Waals surface area contributed by atoms with Gasteiger partial charge in [-0.3, -0.25) is 9.59 Å². The van der Waals surface area contributed by atoms with Crippen LogP contribution >= 0.6 is 11.6 Å². The fraction of sp³-hybridized carbons (Fsp3) is 0.391. The molecule has 7 heteroatoms. The van der Waals surface area contributed by atoms with Gasteiger partial charge < -0.3 is 20.7 Å². The fourth-order valence-electron chi connectivity index (χ4n) is 3.51. The molecule has 0 aromatic heterocycles. The largest absolute Gasteiger partial charge is 0.494 e. The molecule has 1 saturated carbocycles. The van der Waals surface area contributed by atoms with E-state index in [9.17, 15) is 9.59 Å². The highest BCUT2D eigenvalue weighted by molar-refractivity contribution is 6.34. The Labute approximate surface area is 182 Å². The van der Waals surface area contributed by atoms with Crippen LogP contribution in [0.5, 0.6) is 5.75 Å². The Bertz CT molecular complexity index is 864. The van der Waals surface area contributed by atoms with Gasteiger partial charge in [0.25, 0.3) is 5.91 Å². The van der Waals surface area contributed by atoms with E-state index in [4.69, 9.17) is 16.3 Å². The molecule has 1 fully saturated rings. The van der Waals surface area contributed by atoms with Crippen molar-refractivity contribution in [1.82, 2.24) is 5.32 Å². The van der Waals surface area contributed by atoms with E-state index in [1.54, 1.807) is 30.3 Å². The molecule has 0 spiro atoms. The normalized spacial score (nSPS) is 14.1. The lowest BCUT2D eigenvalue weighted by molar-refractivity contribution is -0.114. The van der Waals surface area contributed by atoms with Crippen LogP contribution in [0.15, 0.2) is 42.5 Å². The highest BCUT2D eigenvalue weighted by Gasteiger charge is 2.18. The van der Waals surface area contributed by atoms with Crippen LogP contribution in [0.2, 0.25) is 5.02 Å². The van der Waals surface area contributed by atoms with Crippen molar-refractivity contribution in [2.75, 3.05) is 23.8 Å². The molecular formula is C23H28ClN3O3. The molecule has 0 bridgehead atoms. The molecule has 0 atom stereocenters. The highest BCUT2D eigenvalue weighted by Crippen LogP contribution is 2.23.